The lowest BCUT2D eigenvalue weighted by Crippen LogP contribution is -2.45. The molecule has 0 radical (unpaired) electrons. The molecule has 0 spiro atoms. The quantitative estimate of drug-likeness (QED) is 0.0347. The minimum absolute atomic E-state index is 0.00965. The topological polar surface area (TPSA) is 167 Å². The summed E-state index contributed by atoms with van der Waals surface area (Å²) in [7, 11) is 0. The molecule has 1 aliphatic heterocycles. The van der Waals surface area contributed by atoms with Gasteiger partial charge in [0.25, 0.3) is 5.91 Å². The molecule has 1 saturated heterocycles. The highest BCUT2D eigenvalue weighted by molar-refractivity contribution is 5.81. The number of hydrogen-bond donors (Lipinski definition) is 1. The van der Waals surface area contributed by atoms with Gasteiger partial charge in [0.2, 0.25) is 0 Å². The van der Waals surface area contributed by atoms with E-state index in [1.54, 1.807) is 0 Å². The first-order valence-electron chi connectivity index (χ1n) is 37.3. The summed E-state index contributed by atoms with van der Waals surface area (Å²) in [5, 5.41) is 3.26. The van der Waals surface area contributed by atoms with Crippen LogP contribution in [0.2, 0.25) is 0 Å². The molecule has 15 heteroatoms. The van der Waals surface area contributed by atoms with Gasteiger partial charge in [-0.05, 0) is 109 Å². The van der Waals surface area contributed by atoms with Crippen LogP contribution in [-0.4, -0.2) is 152 Å². The maximum atomic E-state index is 14.5. The summed E-state index contributed by atoms with van der Waals surface area (Å²) < 4.78 is 53.3. The molecule has 15 nitrogen and oxygen atoms in total. The fraction of sp³-hybridized carbons (Fsp3) is 0.945. The van der Waals surface area contributed by atoms with Crippen molar-refractivity contribution in [3.05, 3.63) is 0 Å². The van der Waals surface area contributed by atoms with Gasteiger partial charge in [-0.25, -0.2) is 0 Å². The fourth-order valence-corrected chi connectivity index (χ4v) is 11.4. The standard InChI is InChI=1S/C73H140N2O13/c1-6-11-16-21-26-33-42-67(43-34-27-22-17-12-7-2)87-70(76)46-37-31-40-54-84-65-69(85-55-41-32-38-47-71(77)88-68(44-35-28-23-18-13-8-3)45-36-29-24-19-14-9-4)72(78)75(52-39-30-25-20-15-10-5)53-56-80-57-58-81-59-60-82-61-62-83-63-64-86-73(79)66-48-50-74-51-49-66/h66-69,74H,6-65H2,1-5H3. The molecule has 1 fully saturated rings. The van der Waals surface area contributed by atoms with Crippen LogP contribution in [0.15, 0.2) is 0 Å². The van der Waals surface area contributed by atoms with E-state index in [1.807, 2.05) is 4.90 Å². The molecule has 0 aromatic carbocycles. The van der Waals surface area contributed by atoms with E-state index >= 15 is 0 Å². The largest absolute Gasteiger partial charge is 0.463 e. The number of carbonyl (C=O) groups is 4. The molecule has 0 aliphatic carbocycles. The van der Waals surface area contributed by atoms with Crippen molar-refractivity contribution in [1.82, 2.24) is 10.2 Å². The predicted octanol–water partition coefficient (Wildman–Crippen LogP) is 17.1. The zero-order valence-corrected chi connectivity index (χ0v) is 58.0. The summed E-state index contributed by atoms with van der Waals surface area (Å²) in [5.41, 5.74) is 0. The first kappa shape index (κ1) is 83.6. The van der Waals surface area contributed by atoms with Crippen molar-refractivity contribution < 1.29 is 61.8 Å². The zero-order chi connectivity index (χ0) is 63.7. The summed E-state index contributed by atoms with van der Waals surface area (Å²) in [6, 6.07) is 0. The molecule has 1 N–H and O–H groups in total. The minimum Gasteiger partial charge on any atom is -0.463 e. The third-order valence-electron chi connectivity index (χ3n) is 17.0. The second-order valence-corrected chi connectivity index (χ2v) is 25.2. The Morgan fingerprint density at radius 3 is 1.17 bits per heavy atom. The normalized spacial score (nSPS) is 13.2. The Morgan fingerprint density at radius 2 is 0.739 bits per heavy atom. The second-order valence-electron chi connectivity index (χ2n) is 25.2. The number of amides is 1. The summed E-state index contributed by atoms with van der Waals surface area (Å²) in [5.74, 6) is -0.407. The van der Waals surface area contributed by atoms with Gasteiger partial charge in [0.05, 0.1) is 65.4 Å². The summed E-state index contributed by atoms with van der Waals surface area (Å²) in [6.45, 7) is 18.4. The Kier molecular flexibility index (Phi) is 62.8. The van der Waals surface area contributed by atoms with Crippen LogP contribution in [-0.2, 0) is 61.8 Å². The fourth-order valence-electron chi connectivity index (χ4n) is 11.4. The Bertz CT molecular complexity index is 1490. The van der Waals surface area contributed by atoms with Gasteiger partial charge >= 0.3 is 17.9 Å². The van der Waals surface area contributed by atoms with E-state index in [-0.39, 0.29) is 55.2 Å². The van der Waals surface area contributed by atoms with Gasteiger partial charge in [0.15, 0.2) is 6.10 Å². The Morgan fingerprint density at radius 1 is 0.375 bits per heavy atom. The van der Waals surface area contributed by atoms with E-state index < -0.39 is 6.10 Å². The van der Waals surface area contributed by atoms with E-state index in [2.05, 4.69) is 39.9 Å². The first-order valence-corrected chi connectivity index (χ1v) is 37.3. The number of rotatable bonds is 69. The van der Waals surface area contributed by atoms with Crippen LogP contribution in [0, 0.1) is 5.92 Å². The Hall–Kier alpha value is -2.40. The van der Waals surface area contributed by atoms with Crippen LogP contribution >= 0.6 is 0 Å². The number of ether oxygens (including phenoxy) is 9. The van der Waals surface area contributed by atoms with Crippen molar-refractivity contribution in [2.45, 2.75) is 335 Å². The molecule has 88 heavy (non-hydrogen) atoms. The SMILES string of the molecule is CCCCCCCCC(CCCCCCCC)OC(=O)CCCCCOCC(OCCCCCC(=O)OC(CCCCCCCC)CCCCCCCC)C(=O)N(CCCCCCCC)CCOCCOCCOCCOCCOC(=O)C1CCNCC1. The van der Waals surface area contributed by atoms with Crippen LogP contribution in [0.3, 0.4) is 0 Å². The van der Waals surface area contributed by atoms with Crippen molar-refractivity contribution in [3.8, 4) is 0 Å². The van der Waals surface area contributed by atoms with Gasteiger partial charge in [-0.2, -0.15) is 0 Å². The summed E-state index contributed by atoms with van der Waals surface area (Å²) in [4.78, 5) is 54.9. The van der Waals surface area contributed by atoms with Gasteiger partial charge in [-0.3, -0.25) is 19.2 Å². The lowest BCUT2D eigenvalue weighted by Gasteiger charge is -2.28. The molecule has 0 bridgehead atoms. The monoisotopic (exact) mass is 1250 g/mol. The number of nitrogens with zero attached hydrogens (tertiary/aromatic N) is 1. The number of esters is 3. The van der Waals surface area contributed by atoms with Gasteiger partial charge in [0.1, 0.15) is 18.8 Å². The van der Waals surface area contributed by atoms with Crippen molar-refractivity contribution in [2.24, 2.45) is 5.92 Å². The lowest BCUT2D eigenvalue weighted by atomic mass is 9.99. The maximum Gasteiger partial charge on any atom is 0.309 e. The minimum atomic E-state index is -0.768. The molecule has 520 valence electrons. The van der Waals surface area contributed by atoms with E-state index in [0.717, 1.165) is 135 Å². The average Bonchev–Trinajstić information content (AvgIpc) is 3.75. The molecule has 1 heterocycles. The highest BCUT2D eigenvalue weighted by atomic mass is 16.6. The lowest BCUT2D eigenvalue weighted by molar-refractivity contribution is -0.151. The number of piperidine rings is 1. The highest BCUT2D eigenvalue weighted by Crippen LogP contribution is 2.21. The molecule has 1 unspecified atom stereocenters. The maximum absolute atomic E-state index is 14.5. The van der Waals surface area contributed by atoms with E-state index in [0.29, 0.717) is 92.0 Å². The predicted molar refractivity (Wildman–Crippen MR) is 359 cm³/mol. The molecule has 1 aliphatic rings. The number of carbonyl (C=O) groups excluding carboxylic acids is 4. The zero-order valence-electron chi connectivity index (χ0n) is 58.0. The van der Waals surface area contributed by atoms with Crippen LogP contribution in [0.4, 0.5) is 0 Å². The Labute approximate surface area is 540 Å². The molecule has 1 amide bonds. The number of nitrogens with one attached hydrogen (secondary N) is 1. The van der Waals surface area contributed by atoms with Crippen molar-refractivity contribution in [1.29, 1.82) is 0 Å². The average molecular weight is 1250 g/mol. The summed E-state index contributed by atoms with van der Waals surface area (Å²) >= 11 is 0. The van der Waals surface area contributed by atoms with Crippen LogP contribution in [0.1, 0.15) is 317 Å². The van der Waals surface area contributed by atoms with Crippen molar-refractivity contribution in [2.75, 3.05) is 105 Å². The molecule has 0 aromatic rings. The third kappa shape index (κ3) is 54.2. The molecular weight excluding hydrogens is 1110 g/mol. The van der Waals surface area contributed by atoms with Gasteiger partial charge < -0.3 is 52.8 Å². The first-order chi connectivity index (χ1) is 43.3. The Balaban J connectivity index is 2.80. The van der Waals surface area contributed by atoms with Crippen molar-refractivity contribution in [3.63, 3.8) is 0 Å². The van der Waals surface area contributed by atoms with Crippen LogP contribution in [0.25, 0.3) is 0 Å². The molecule has 0 aromatic heterocycles. The van der Waals surface area contributed by atoms with E-state index in [4.69, 9.17) is 42.6 Å². The van der Waals surface area contributed by atoms with Gasteiger partial charge in [-0.15, -0.1) is 0 Å². The highest BCUT2D eigenvalue weighted by Gasteiger charge is 2.26. The third-order valence-corrected chi connectivity index (χ3v) is 17.0. The smallest absolute Gasteiger partial charge is 0.309 e. The number of hydrogen-bond acceptors (Lipinski definition) is 14. The van der Waals surface area contributed by atoms with E-state index in [1.165, 1.54) is 148 Å². The molecule has 1 rings (SSSR count). The second kappa shape index (κ2) is 66.1. The van der Waals surface area contributed by atoms with E-state index in [9.17, 15) is 19.2 Å². The summed E-state index contributed by atoms with van der Waals surface area (Å²) in [6.07, 6.45) is 46.5. The molecular formula is C73H140N2O13. The molecule has 0 saturated carbocycles. The van der Waals surface area contributed by atoms with Crippen LogP contribution < -0.4 is 5.32 Å². The van der Waals surface area contributed by atoms with Crippen molar-refractivity contribution >= 4 is 23.8 Å². The molecule has 1 atom stereocenters. The van der Waals surface area contributed by atoms with Crippen LogP contribution in [0.5, 0.6) is 0 Å². The number of unbranched alkanes of at least 4 members (excludes halogenated alkanes) is 29. The van der Waals surface area contributed by atoms with Gasteiger partial charge in [-0.1, -0.05) is 208 Å². The van der Waals surface area contributed by atoms with Gasteiger partial charge in [0, 0.05) is 39.1 Å².